The topological polar surface area (TPSA) is 111 Å². The Bertz CT molecular complexity index is 1270. The van der Waals surface area contributed by atoms with Crippen molar-refractivity contribution in [3.8, 4) is 22.5 Å². The third-order valence-electron chi connectivity index (χ3n) is 5.53. The summed E-state index contributed by atoms with van der Waals surface area (Å²) in [6.45, 7) is 4.41. The van der Waals surface area contributed by atoms with Crippen molar-refractivity contribution in [3.63, 3.8) is 0 Å². The molecule has 0 amide bonds. The Balaban J connectivity index is 1.61. The van der Waals surface area contributed by atoms with Crippen molar-refractivity contribution in [2.75, 3.05) is 0 Å². The third kappa shape index (κ3) is 4.82. The largest absolute Gasteiger partial charge is 0.353 e. The quantitative estimate of drug-likeness (QED) is 0.420. The van der Waals surface area contributed by atoms with Crippen LogP contribution in [0.1, 0.15) is 55.7 Å². The van der Waals surface area contributed by atoms with Gasteiger partial charge < -0.3 is 0 Å². The van der Waals surface area contributed by atoms with E-state index in [0.717, 1.165) is 46.2 Å². The third-order valence-corrected chi connectivity index (χ3v) is 5.53. The van der Waals surface area contributed by atoms with Crippen LogP contribution in [-0.2, 0) is 13.0 Å². The molecule has 0 fully saturated rings. The molecule has 170 valence electrons. The Labute approximate surface area is 191 Å². The Morgan fingerprint density at radius 3 is 2.42 bits per heavy atom. The Hall–Kier alpha value is -3.88. The van der Waals surface area contributed by atoms with Crippen molar-refractivity contribution < 1.29 is 4.79 Å². The molecule has 9 nitrogen and oxygen atoms in total. The van der Waals surface area contributed by atoms with E-state index in [4.69, 9.17) is 0 Å². The smallest absolute Gasteiger partial charge is 0.274 e. The van der Waals surface area contributed by atoms with Gasteiger partial charge in [0.2, 0.25) is 0 Å². The van der Waals surface area contributed by atoms with Gasteiger partial charge in [0.15, 0.2) is 5.82 Å². The second kappa shape index (κ2) is 10.2. The molecule has 0 spiro atoms. The molecule has 0 aliphatic carbocycles. The number of hydrogen-bond acceptors (Lipinski definition) is 6. The van der Waals surface area contributed by atoms with Gasteiger partial charge in [0.1, 0.15) is 5.82 Å². The fraction of sp³-hybridized carbons (Fsp3) is 0.333. The minimum Gasteiger partial charge on any atom is -0.274 e. The molecule has 33 heavy (non-hydrogen) atoms. The van der Waals surface area contributed by atoms with E-state index in [-0.39, 0.29) is 11.6 Å². The van der Waals surface area contributed by atoms with Crippen LogP contribution in [0.4, 0.5) is 0 Å². The lowest BCUT2D eigenvalue weighted by atomic mass is 9.98. The molecule has 0 radical (unpaired) electrons. The molecule has 0 aliphatic rings. The number of H-pyrrole nitrogens is 1. The van der Waals surface area contributed by atoms with Gasteiger partial charge in [-0.15, -0.1) is 14.9 Å². The number of nitrogens with one attached hydrogen (secondary N) is 1. The Morgan fingerprint density at radius 1 is 1.00 bits per heavy atom. The number of aryl methyl sites for hydroxylation is 1. The molecule has 0 unspecified atom stereocenters. The van der Waals surface area contributed by atoms with Gasteiger partial charge >= 0.3 is 5.69 Å². The summed E-state index contributed by atoms with van der Waals surface area (Å²) in [5.41, 5.74) is 3.51. The number of unbranched alkanes of at least 4 members (excludes halogenated alkanes) is 1. The summed E-state index contributed by atoms with van der Waals surface area (Å²) in [5.74, 6) is 0.997. The highest BCUT2D eigenvalue weighted by molar-refractivity contribution is 5.80. The van der Waals surface area contributed by atoms with E-state index in [9.17, 15) is 9.59 Å². The fourth-order valence-corrected chi connectivity index (χ4v) is 3.79. The number of benzene rings is 2. The first-order valence-corrected chi connectivity index (χ1v) is 11.3. The molecule has 0 saturated carbocycles. The zero-order valence-corrected chi connectivity index (χ0v) is 18.9. The predicted octanol–water partition coefficient (Wildman–Crippen LogP) is 3.72. The molecule has 1 N–H and O–H groups in total. The minimum atomic E-state index is -0.369. The van der Waals surface area contributed by atoms with E-state index in [0.29, 0.717) is 31.0 Å². The van der Waals surface area contributed by atoms with Crippen molar-refractivity contribution in [3.05, 3.63) is 70.4 Å². The number of tetrazole rings is 1. The first kappa shape index (κ1) is 22.3. The summed E-state index contributed by atoms with van der Waals surface area (Å²) in [4.78, 5) is 25.4. The number of carbonyl (C=O) groups excluding carboxylic acids is 1. The van der Waals surface area contributed by atoms with Gasteiger partial charge in [0, 0.05) is 18.4 Å². The molecule has 2 heterocycles. The van der Waals surface area contributed by atoms with Crippen LogP contribution in [0.15, 0.2) is 53.3 Å². The monoisotopic (exact) mass is 445 g/mol. The van der Waals surface area contributed by atoms with Gasteiger partial charge in [0.05, 0.1) is 6.54 Å². The molecule has 4 aromatic rings. The van der Waals surface area contributed by atoms with Crippen molar-refractivity contribution in [1.29, 1.82) is 0 Å². The number of hydrogen-bond donors (Lipinski definition) is 1. The highest BCUT2D eigenvalue weighted by atomic mass is 16.2. The van der Waals surface area contributed by atoms with E-state index in [2.05, 4.69) is 25.7 Å². The van der Waals surface area contributed by atoms with Gasteiger partial charge in [-0.25, -0.2) is 9.89 Å². The first-order valence-electron chi connectivity index (χ1n) is 11.3. The van der Waals surface area contributed by atoms with Crippen LogP contribution >= 0.6 is 0 Å². The van der Waals surface area contributed by atoms with Crippen LogP contribution in [0.2, 0.25) is 0 Å². The van der Waals surface area contributed by atoms with Crippen LogP contribution in [0, 0.1) is 0 Å². The average molecular weight is 446 g/mol. The SMILES string of the molecule is CCCCC(=O)n1nc(CCC)n(Cc2ccc(-c3ccccc3-c3nnn[nH]3)cc2)c1=O. The maximum atomic E-state index is 13.0. The molecule has 0 bridgehead atoms. The molecule has 0 aliphatic heterocycles. The summed E-state index contributed by atoms with van der Waals surface area (Å²) in [5, 5.41) is 18.5. The number of rotatable bonds is 9. The zero-order chi connectivity index (χ0) is 23.2. The van der Waals surface area contributed by atoms with Crippen LogP contribution in [-0.4, -0.2) is 40.9 Å². The Kier molecular flexibility index (Phi) is 6.87. The molecule has 2 aromatic heterocycles. The molecular formula is C24H27N7O2. The zero-order valence-electron chi connectivity index (χ0n) is 18.9. The van der Waals surface area contributed by atoms with Crippen LogP contribution in [0.5, 0.6) is 0 Å². The summed E-state index contributed by atoms with van der Waals surface area (Å²) in [6, 6.07) is 15.9. The van der Waals surface area contributed by atoms with Gasteiger partial charge in [-0.3, -0.25) is 9.36 Å². The number of aromatic nitrogens is 7. The summed E-state index contributed by atoms with van der Waals surface area (Å²) >= 11 is 0. The fourth-order valence-electron chi connectivity index (χ4n) is 3.79. The molecule has 9 heteroatoms. The van der Waals surface area contributed by atoms with E-state index in [1.807, 2.05) is 62.4 Å². The van der Waals surface area contributed by atoms with E-state index in [1.165, 1.54) is 0 Å². The average Bonchev–Trinajstić information content (AvgIpc) is 3.48. The number of nitrogens with zero attached hydrogens (tertiary/aromatic N) is 6. The van der Waals surface area contributed by atoms with Crippen molar-refractivity contribution in [1.82, 2.24) is 35.0 Å². The van der Waals surface area contributed by atoms with Gasteiger partial charge in [0.25, 0.3) is 5.91 Å². The first-order chi connectivity index (χ1) is 16.1. The highest BCUT2D eigenvalue weighted by Gasteiger charge is 2.18. The maximum absolute atomic E-state index is 13.0. The molecular weight excluding hydrogens is 418 g/mol. The van der Waals surface area contributed by atoms with E-state index in [1.54, 1.807) is 4.57 Å². The lowest BCUT2D eigenvalue weighted by Gasteiger charge is -2.09. The van der Waals surface area contributed by atoms with E-state index < -0.39 is 0 Å². The minimum absolute atomic E-state index is 0.244. The lowest BCUT2D eigenvalue weighted by Crippen LogP contribution is -2.30. The molecule has 4 rings (SSSR count). The molecule has 2 aromatic carbocycles. The van der Waals surface area contributed by atoms with Gasteiger partial charge in [-0.05, 0) is 40.0 Å². The van der Waals surface area contributed by atoms with Crippen molar-refractivity contribution >= 4 is 5.91 Å². The van der Waals surface area contributed by atoms with Crippen molar-refractivity contribution in [2.45, 2.75) is 52.5 Å². The standard InChI is InChI=1S/C24H27N7O2/c1-3-5-11-22(32)31-24(33)30(21(27-31)8-4-2)16-17-12-14-18(15-13-17)19-9-6-7-10-20(19)23-25-28-29-26-23/h6-7,9-10,12-15H,3-5,8,11,16H2,1-2H3,(H,25,26,28,29). The van der Waals surface area contributed by atoms with Crippen LogP contribution < -0.4 is 5.69 Å². The second-order valence-corrected chi connectivity index (χ2v) is 7.94. The van der Waals surface area contributed by atoms with Gasteiger partial charge in [-0.1, -0.05) is 68.8 Å². The second-order valence-electron chi connectivity index (χ2n) is 7.94. The molecule has 0 atom stereocenters. The van der Waals surface area contributed by atoms with Crippen LogP contribution in [0.3, 0.4) is 0 Å². The number of carbonyl (C=O) groups is 1. The van der Waals surface area contributed by atoms with E-state index >= 15 is 0 Å². The Morgan fingerprint density at radius 2 is 1.76 bits per heavy atom. The number of aromatic amines is 1. The summed E-state index contributed by atoms with van der Waals surface area (Å²) in [7, 11) is 0. The van der Waals surface area contributed by atoms with Crippen molar-refractivity contribution in [2.24, 2.45) is 0 Å². The summed E-state index contributed by atoms with van der Waals surface area (Å²) in [6.07, 6.45) is 3.44. The molecule has 0 saturated heterocycles. The lowest BCUT2D eigenvalue weighted by molar-refractivity contribution is 0.0878. The summed E-state index contributed by atoms with van der Waals surface area (Å²) < 4.78 is 2.65. The highest BCUT2D eigenvalue weighted by Crippen LogP contribution is 2.29. The predicted molar refractivity (Wildman–Crippen MR) is 125 cm³/mol. The normalized spacial score (nSPS) is 11.1. The van der Waals surface area contributed by atoms with Gasteiger partial charge in [-0.2, -0.15) is 0 Å². The van der Waals surface area contributed by atoms with Crippen LogP contribution in [0.25, 0.3) is 22.5 Å². The maximum Gasteiger partial charge on any atom is 0.353 e.